The number of aromatic nitrogens is 2. The Morgan fingerprint density at radius 2 is 2.20 bits per heavy atom. The number of hydrogen-bond donors (Lipinski definition) is 1. The van der Waals surface area contributed by atoms with Crippen molar-refractivity contribution in [2.24, 2.45) is 5.92 Å². The van der Waals surface area contributed by atoms with Crippen LogP contribution in [0.4, 0.5) is 5.95 Å². The molecule has 0 radical (unpaired) electrons. The van der Waals surface area contributed by atoms with Gasteiger partial charge in [-0.25, -0.2) is 4.98 Å². The summed E-state index contributed by atoms with van der Waals surface area (Å²) in [4.78, 5) is 4.48. The largest absolute Gasteiger partial charge is 0.356 e. The normalized spacial score (nSPS) is 11.0. The van der Waals surface area contributed by atoms with E-state index in [9.17, 15) is 0 Å². The van der Waals surface area contributed by atoms with Crippen LogP contribution < -0.4 is 5.32 Å². The Bertz CT molecular complexity index is 289. The fourth-order valence-electron chi connectivity index (χ4n) is 1.49. The monoisotopic (exact) mass is 209 g/mol. The molecule has 1 aromatic heterocycles. The summed E-state index contributed by atoms with van der Waals surface area (Å²) in [5, 5.41) is 3.36. The number of anilines is 1. The molecule has 0 unspecified atom stereocenters. The van der Waals surface area contributed by atoms with E-state index in [0.717, 1.165) is 37.1 Å². The lowest BCUT2D eigenvalue weighted by Gasteiger charge is -2.10. The fourth-order valence-corrected chi connectivity index (χ4v) is 1.49. The Labute approximate surface area is 92.9 Å². The molecule has 0 bridgehead atoms. The molecule has 0 fully saturated rings. The maximum atomic E-state index is 4.48. The molecule has 0 aliphatic carbocycles. The van der Waals surface area contributed by atoms with Crippen LogP contribution in [0.25, 0.3) is 0 Å². The third kappa shape index (κ3) is 3.94. The second-order valence-electron chi connectivity index (χ2n) is 4.51. The Balaban J connectivity index is 2.59. The quantitative estimate of drug-likeness (QED) is 0.780. The highest BCUT2D eigenvalue weighted by Gasteiger charge is 2.04. The van der Waals surface area contributed by atoms with E-state index in [1.165, 1.54) is 6.42 Å². The van der Waals surface area contributed by atoms with Gasteiger partial charge in [0.2, 0.25) is 5.95 Å². The lowest BCUT2D eigenvalue weighted by atomic mass is 10.1. The van der Waals surface area contributed by atoms with Gasteiger partial charge in [-0.3, -0.25) is 0 Å². The minimum absolute atomic E-state index is 0.742. The Hall–Kier alpha value is -0.990. The molecule has 1 aromatic rings. The van der Waals surface area contributed by atoms with Gasteiger partial charge in [-0.15, -0.1) is 0 Å². The molecule has 0 aliphatic heterocycles. The van der Waals surface area contributed by atoms with Crippen LogP contribution in [0.15, 0.2) is 6.20 Å². The van der Waals surface area contributed by atoms with E-state index in [0.29, 0.717) is 0 Å². The van der Waals surface area contributed by atoms with Crippen molar-refractivity contribution in [3.8, 4) is 0 Å². The van der Waals surface area contributed by atoms with Gasteiger partial charge in [0.1, 0.15) is 0 Å². The topological polar surface area (TPSA) is 29.9 Å². The first-order valence-corrected chi connectivity index (χ1v) is 5.91. The van der Waals surface area contributed by atoms with Crippen molar-refractivity contribution >= 4 is 5.95 Å². The molecule has 0 atom stereocenters. The molecule has 1 N–H and O–H groups in total. The molecule has 3 heteroatoms. The number of hydrogen-bond acceptors (Lipinski definition) is 2. The molecule has 86 valence electrons. The van der Waals surface area contributed by atoms with Crippen LogP contribution in [-0.4, -0.2) is 16.1 Å². The molecule has 0 spiro atoms. The summed E-state index contributed by atoms with van der Waals surface area (Å²) in [6.07, 6.45) is 4.47. The zero-order chi connectivity index (χ0) is 11.3. The van der Waals surface area contributed by atoms with Crippen molar-refractivity contribution in [2.45, 2.75) is 47.1 Å². The first-order chi connectivity index (χ1) is 7.13. The summed E-state index contributed by atoms with van der Waals surface area (Å²) < 4.78 is 2.23. The number of imidazole rings is 1. The lowest BCUT2D eigenvalue weighted by molar-refractivity contribution is 0.518. The summed E-state index contributed by atoms with van der Waals surface area (Å²) in [5.74, 6) is 1.77. The van der Waals surface area contributed by atoms with E-state index in [-0.39, 0.29) is 0 Å². The van der Waals surface area contributed by atoms with Crippen molar-refractivity contribution in [3.63, 3.8) is 0 Å². The molecule has 0 amide bonds. The lowest BCUT2D eigenvalue weighted by Crippen LogP contribution is -2.09. The second-order valence-corrected chi connectivity index (χ2v) is 4.51. The minimum Gasteiger partial charge on any atom is -0.356 e. The highest BCUT2D eigenvalue weighted by Crippen LogP contribution is 2.11. The summed E-state index contributed by atoms with van der Waals surface area (Å²) in [5.41, 5.74) is 1.09. The van der Waals surface area contributed by atoms with Crippen molar-refractivity contribution in [1.29, 1.82) is 0 Å². The van der Waals surface area contributed by atoms with Crippen LogP contribution in [0.2, 0.25) is 0 Å². The molecule has 0 aromatic carbocycles. The number of nitrogens with one attached hydrogen (secondary N) is 1. The predicted octanol–water partition coefficient (Wildman–Crippen LogP) is 3.06. The standard InChI is InChI=1S/C12H23N3/c1-5-7-13-12-14-11(4)9-15(12)8-6-10(2)3/h9-10H,5-8H2,1-4H3,(H,13,14). The average Bonchev–Trinajstić information content (AvgIpc) is 2.52. The first-order valence-electron chi connectivity index (χ1n) is 5.91. The van der Waals surface area contributed by atoms with Crippen LogP contribution in [0.3, 0.4) is 0 Å². The summed E-state index contributed by atoms with van der Waals surface area (Å²) >= 11 is 0. The highest BCUT2D eigenvalue weighted by molar-refractivity contribution is 5.28. The Morgan fingerprint density at radius 3 is 2.80 bits per heavy atom. The Morgan fingerprint density at radius 1 is 1.47 bits per heavy atom. The van der Waals surface area contributed by atoms with Crippen LogP contribution in [-0.2, 0) is 6.54 Å². The van der Waals surface area contributed by atoms with E-state index < -0.39 is 0 Å². The zero-order valence-corrected chi connectivity index (χ0v) is 10.4. The summed E-state index contributed by atoms with van der Waals surface area (Å²) in [6.45, 7) is 10.8. The van der Waals surface area contributed by atoms with E-state index in [1.54, 1.807) is 0 Å². The van der Waals surface area contributed by atoms with Gasteiger partial charge in [-0.05, 0) is 25.7 Å². The smallest absolute Gasteiger partial charge is 0.203 e. The number of aryl methyl sites for hydroxylation is 2. The van der Waals surface area contributed by atoms with Gasteiger partial charge in [0.15, 0.2) is 0 Å². The van der Waals surface area contributed by atoms with Gasteiger partial charge < -0.3 is 9.88 Å². The number of nitrogens with zero attached hydrogens (tertiary/aromatic N) is 2. The van der Waals surface area contributed by atoms with Gasteiger partial charge in [0.25, 0.3) is 0 Å². The van der Waals surface area contributed by atoms with Crippen LogP contribution in [0, 0.1) is 12.8 Å². The molecule has 0 saturated carbocycles. The van der Waals surface area contributed by atoms with E-state index in [4.69, 9.17) is 0 Å². The summed E-state index contributed by atoms with van der Waals surface area (Å²) in [6, 6.07) is 0. The first kappa shape index (κ1) is 12.1. The zero-order valence-electron chi connectivity index (χ0n) is 10.4. The molecule has 1 rings (SSSR count). The Kier molecular flexibility index (Phi) is 4.66. The molecule has 0 aliphatic rings. The second kappa shape index (κ2) is 5.79. The molecule has 3 nitrogen and oxygen atoms in total. The minimum atomic E-state index is 0.742. The van der Waals surface area contributed by atoms with E-state index in [1.807, 2.05) is 6.92 Å². The molecule has 15 heavy (non-hydrogen) atoms. The molecule has 1 heterocycles. The SMILES string of the molecule is CCCNc1nc(C)cn1CCC(C)C. The third-order valence-electron chi connectivity index (χ3n) is 2.38. The molecule has 0 saturated heterocycles. The van der Waals surface area contributed by atoms with Gasteiger partial charge in [-0.1, -0.05) is 20.8 Å². The maximum absolute atomic E-state index is 4.48. The van der Waals surface area contributed by atoms with Gasteiger partial charge in [0.05, 0.1) is 5.69 Å². The van der Waals surface area contributed by atoms with Crippen molar-refractivity contribution in [1.82, 2.24) is 9.55 Å². The van der Waals surface area contributed by atoms with Gasteiger partial charge in [-0.2, -0.15) is 0 Å². The fraction of sp³-hybridized carbons (Fsp3) is 0.750. The maximum Gasteiger partial charge on any atom is 0.203 e. The van der Waals surface area contributed by atoms with Crippen LogP contribution in [0.5, 0.6) is 0 Å². The highest BCUT2D eigenvalue weighted by atomic mass is 15.2. The van der Waals surface area contributed by atoms with Gasteiger partial charge in [0, 0.05) is 19.3 Å². The van der Waals surface area contributed by atoms with Gasteiger partial charge >= 0.3 is 0 Å². The molecular weight excluding hydrogens is 186 g/mol. The molecular formula is C12H23N3. The van der Waals surface area contributed by atoms with Crippen LogP contribution >= 0.6 is 0 Å². The summed E-state index contributed by atoms with van der Waals surface area (Å²) in [7, 11) is 0. The van der Waals surface area contributed by atoms with E-state index in [2.05, 4.69) is 41.8 Å². The van der Waals surface area contributed by atoms with Crippen molar-refractivity contribution in [3.05, 3.63) is 11.9 Å². The predicted molar refractivity (Wildman–Crippen MR) is 65.2 cm³/mol. The average molecular weight is 209 g/mol. The third-order valence-corrected chi connectivity index (χ3v) is 2.38. The van der Waals surface area contributed by atoms with E-state index >= 15 is 0 Å². The van der Waals surface area contributed by atoms with Crippen LogP contribution in [0.1, 0.15) is 39.3 Å². The van der Waals surface area contributed by atoms with Crippen molar-refractivity contribution in [2.75, 3.05) is 11.9 Å². The van der Waals surface area contributed by atoms with Crippen molar-refractivity contribution < 1.29 is 0 Å². The number of rotatable bonds is 6.